The number of rotatable bonds is 7. The fraction of sp³-hybridized carbons (Fsp3) is 0.208. The number of nitrogens with one attached hydrogen (secondary N) is 1. The highest BCUT2D eigenvalue weighted by Crippen LogP contribution is 2.38. The van der Waals surface area contributed by atoms with Gasteiger partial charge in [0.25, 0.3) is 11.8 Å². The maximum atomic E-state index is 15.1. The summed E-state index contributed by atoms with van der Waals surface area (Å²) in [7, 11) is 1.17. The van der Waals surface area contributed by atoms with Gasteiger partial charge in [0.05, 0.1) is 18.3 Å². The molecule has 38 heavy (non-hydrogen) atoms. The summed E-state index contributed by atoms with van der Waals surface area (Å²) < 4.78 is 87.4. The number of amides is 2. The molecule has 202 valence electrons. The van der Waals surface area contributed by atoms with Crippen LogP contribution in [0.15, 0.2) is 53.4 Å². The standard InChI is InChI=1S/C24H20F5N3O5S/c1-12-17(9-10-19(25)30-12)37-18-8-7-16(24(27,28)29)21(26)20(18)22(34)31-14-5-4-6-15(11-14)38(36)32(3)23(35)13(2)33/h4-11,13,33H,1-3H3,(H,31,34)/t13-,38?/m1/s1. The minimum absolute atomic E-state index is 0.00620. The van der Waals surface area contributed by atoms with Crippen molar-refractivity contribution in [2.45, 2.75) is 31.0 Å². The maximum absolute atomic E-state index is 15.1. The van der Waals surface area contributed by atoms with E-state index in [1.807, 2.05) is 0 Å². The number of carbonyl (C=O) groups excluding carboxylic acids is 2. The number of benzene rings is 2. The van der Waals surface area contributed by atoms with E-state index in [2.05, 4.69) is 10.3 Å². The van der Waals surface area contributed by atoms with Crippen LogP contribution in [0.25, 0.3) is 0 Å². The van der Waals surface area contributed by atoms with Gasteiger partial charge in [-0.15, -0.1) is 0 Å². The van der Waals surface area contributed by atoms with Crippen molar-refractivity contribution in [2.24, 2.45) is 0 Å². The van der Waals surface area contributed by atoms with Gasteiger partial charge in [0.15, 0.2) is 10.7 Å². The zero-order valence-corrected chi connectivity index (χ0v) is 20.8. The first-order chi connectivity index (χ1) is 17.7. The van der Waals surface area contributed by atoms with E-state index in [-0.39, 0.29) is 22.0 Å². The highest BCUT2D eigenvalue weighted by Gasteiger charge is 2.37. The number of alkyl halides is 3. The number of nitrogens with zero attached hydrogens (tertiary/aromatic N) is 2. The van der Waals surface area contributed by atoms with Gasteiger partial charge in [0.2, 0.25) is 5.95 Å². The second-order valence-corrected chi connectivity index (χ2v) is 9.38. The summed E-state index contributed by atoms with van der Waals surface area (Å²) >= 11 is -2.12. The Hall–Kier alpha value is -3.75. The molecule has 1 heterocycles. The Balaban J connectivity index is 1.99. The van der Waals surface area contributed by atoms with Crippen molar-refractivity contribution in [1.82, 2.24) is 9.29 Å². The Morgan fingerprint density at radius 1 is 1.13 bits per heavy atom. The predicted molar refractivity (Wildman–Crippen MR) is 126 cm³/mol. The van der Waals surface area contributed by atoms with Crippen molar-refractivity contribution >= 4 is 28.9 Å². The lowest BCUT2D eigenvalue weighted by atomic mass is 10.1. The molecular weight excluding hydrogens is 537 g/mol. The Morgan fingerprint density at radius 2 is 1.79 bits per heavy atom. The number of ether oxygens (including phenoxy) is 1. The fourth-order valence-corrected chi connectivity index (χ4v) is 4.25. The lowest BCUT2D eigenvalue weighted by Gasteiger charge is -2.21. The summed E-state index contributed by atoms with van der Waals surface area (Å²) in [4.78, 5) is 28.5. The van der Waals surface area contributed by atoms with Crippen LogP contribution in [0.5, 0.6) is 11.5 Å². The summed E-state index contributed by atoms with van der Waals surface area (Å²) in [6.45, 7) is 2.52. The molecule has 2 amide bonds. The van der Waals surface area contributed by atoms with Gasteiger partial charge < -0.3 is 19.7 Å². The first-order valence-corrected chi connectivity index (χ1v) is 11.8. The van der Waals surface area contributed by atoms with E-state index in [0.717, 1.165) is 28.6 Å². The van der Waals surface area contributed by atoms with Crippen LogP contribution in [0.4, 0.5) is 27.6 Å². The van der Waals surface area contributed by atoms with E-state index in [9.17, 15) is 36.8 Å². The van der Waals surface area contributed by atoms with Crippen LogP contribution in [-0.4, -0.2) is 43.9 Å². The van der Waals surface area contributed by atoms with E-state index in [0.29, 0.717) is 6.07 Å². The number of aryl methyl sites for hydroxylation is 1. The number of likely N-dealkylation sites (N-methyl/N-ethyl adjacent to an activating group) is 1. The average molecular weight is 557 g/mol. The maximum Gasteiger partial charge on any atom is 0.419 e. The van der Waals surface area contributed by atoms with Crippen LogP contribution in [0.3, 0.4) is 0 Å². The van der Waals surface area contributed by atoms with Crippen molar-refractivity contribution in [2.75, 3.05) is 12.4 Å². The smallest absolute Gasteiger partial charge is 0.419 e. The third kappa shape index (κ3) is 6.38. The summed E-state index contributed by atoms with van der Waals surface area (Å²) in [5.74, 6) is -5.70. The first kappa shape index (κ1) is 28.8. The summed E-state index contributed by atoms with van der Waals surface area (Å²) in [5, 5.41) is 11.6. The van der Waals surface area contributed by atoms with Crippen molar-refractivity contribution < 1.29 is 45.9 Å². The number of hydrogen-bond acceptors (Lipinski definition) is 6. The number of aromatic nitrogens is 1. The summed E-state index contributed by atoms with van der Waals surface area (Å²) in [6, 6.07) is 8.26. The largest absolute Gasteiger partial charge is 0.588 e. The molecule has 3 aromatic rings. The molecule has 0 radical (unpaired) electrons. The molecule has 0 spiro atoms. The van der Waals surface area contributed by atoms with Gasteiger partial charge in [0, 0.05) is 11.8 Å². The zero-order valence-electron chi connectivity index (χ0n) is 20.0. The van der Waals surface area contributed by atoms with E-state index < -0.39 is 64.1 Å². The Morgan fingerprint density at radius 3 is 2.39 bits per heavy atom. The molecule has 0 saturated heterocycles. The number of halogens is 5. The number of aliphatic hydroxyl groups is 1. The minimum atomic E-state index is -5.14. The van der Waals surface area contributed by atoms with Gasteiger partial charge in [0.1, 0.15) is 34.5 Å². The third-order valence-corrected chi connectivity index (χ3v) is 6.40. The number of aliphatic hydroxyl groups excluding tert-OH is 1. The highest BCUT2D eigenvalue weighted by molar-refractivity contribution is 7.89. The first-order valence-electron chi connectivity index (χ1n) is 10.7. The van der Waals surface area contributed by atoms with Crippen molar-refractivity contribution in [1.29, 1.82) is 0 Å². The summed E-state index contributed by atoms with van der Waals surface area (Å²) in [6.07, 6.45) is -6.57. The summed E-state index contributed by atoms with van der Waals surface area (Å²) in [5.41, 5.74) is -2.93. The van der Waals surface area contributed by atoms with Crippen molar-refractivity contribution in [3.05, 3.63) is 77.1 Å². The van der Waals surface area contributed by atoms with Gasteiger partial charge in [-0.2, -0.15) is 21.9 Å². The lowest BCUT2D eigenvalue weighted by Crippen LogP contribution is -2.39. The van der Waals surface area contributed by atoms with Crippen LogP contribution in [0.1, 0.15) is 28.5 Å². The SMILES string of the molecule is Cc1nc(F)ccc1Oc1ccc(C(F)(F)F)c(F)c1C(=O)Nc1cccc([S+]([O-])N(C)C(=O)[C@@H](C)O)c1. The molecule has 1 aromatic heterocycles. The van der Waals surface area contributed by atoms with Crippen LogP contribution in [0, 0.1) is 18.7 Å². The van der Waals surface area contributed by atoms with Crippen LogP contribution in [-0.2, 0) is 22.3 Å². The van der Waals surface area contributed by atoms with Crippen LogP contribution in [0.2, 0.25) is 0 Å². The predicted octanol–water partition coefficient (Wildman–Crippen LogP) is 4.59. The number of anilines is 1. The molecule has 8 nitrogen and oxygen atoms in total. The third-order valence-electron chi connectivity index (χ3n) is 5.07. The van der Waals surface area contributed by atoms with Crippen LogP contribution < -0.4 is 10.1 Å². The van der Waals surface area contributed by atoms with Gasteiger partial charge in [-0.1, -0.05) is 6.07 Å². The second-order valence-electron chi connectivity index (χ2n) is 7.86. The molecule has 2 aromatic carbocycles. The minimum Gasteiger partial charge on any atom is -0.588 e. The molecule has 0 aliphatic heterocycles. The molecule has 0 bridgehead atoms. The molecule has 3 rings (SSSR count). The molecular formula is C24H20F5N3O5S. The van der Waals surface area contributed by atoms with Gasteiger partial charge in [-0.3, -0.25) is 9.59 Å². The van der Waals surface area contributed by atoms with Gasteiger partial charge in [-0.25, -0.2) is 9.37 Å². The van der Waals surface area contributed by atoms with Crippen molar-refractivity contribution in [3.8, 4) is 11.5 Å². The van der Waals surface area contributed by atoms with Crippen LogP contribution >= 0.6 is 0 Å². The molecule has 0 aliphatic carbocycles. The molecule has 0 saturated carbocycles. The molecule has 1 unspecified atom stereocenters. The van der Waals surface area contributed by atoms with E-state index in [1.54, 1.807) is 0 Å². The molecule has 2 atom stereocenters. The molecule has 0 aliphatic rings. The van der Waals surface area contributed by atoms with Crippen molar-refractivity contribution in [3.63, 3.8) is 0 Å². The number of carbonyl (C=O) groups is 2. The zero-order chi connectivity index (χ0) is 28.4. The Labute approximate surface area is 216 Å². The monoisotopic (exact) mass is 557 g/mol. The lowest BCUT2D eigenvalue weighted by molar-refractivity contribution is -0.140. The molecule has 14 heteroatoms. The molecule has 2 N–H and O–H groups in total. The number of hydrogen-bond donors (Lipinski definition) is 2. The molecule has 0 fully saturated rings. The topological polar surface area (TPSA) is 115 Å². The normalized spacial score (nSPS) is 13.0. The van der Waals surface area contributed by atoms with E-state index >= 15 is 4.39 Å². The second kappa shape index (κ2) is 11.3. The highest BCUT2D eigenvalue weighted by atomic mass is 32.2. The number of pyridine rings is 1. The quantitative estimate of drug-likeness (QED) is 0.250. The fourth-order valence-electron chi connectivity index (χ4n) is 3.20. The van der Waals surface area contributed by atoms with Gasteiger partial charge in [-0.05, 0) is 50.2 Å². The Bertz CT molecular complexity index is 1370. The van der Waals surface area contributed by atoms with E-state index in [4.69, 9.17) is 4.74 Å². The van der Waals surface area contributed by atoms with Gasteiger partial charge >= 0.3 is 6.18 Å². The average Bonchev–Trinajstić information content (AvgIpc) is 2.83. The Kier molecular flexibility index (Phi) is 8.59. The van der Waals surface area contributed by atoms with E-state index in [1.165, 1.54) is 39.1 Å².